The van der Waals surface area contributed by atoms with Crippen molar-refractivity contribution >= 4 is 5.91 Å². The van der Waals surface area contributed by atoms with Crippen molar-refractivity contribution in [3.05, 3.63) is 30.3 Å². The van der Waals surface area contributed by atoms with Crippen LogP contribution in [0.25, 0.3) is 0 Å². The number of carbonyl (C=O) groups excluding carboxylic acids is 1. The molecule has 106 valence electrons. The summed E-state index contributed by atoms with van der Waals surface area (Å²) >= 11 is 0. The smallest absolute Gasteiger partial charge is 0.220 e. The van der Waals surface area contributed by atoms with Gasteiger partial charge in [0.1, 0.15) is 5.75 Å². The molecule has 0 heterocycles. The number of ether oxygens (including phenoxy) is 1. The molecule has 0 fully saturated rings. The number of carbonyl (C=O) groups is 1. The van der Waals surface area contributed by atoms with Crippen LogP contribution in [0.3, 0.4) is 0 Å². The Morgan fingerprint density at radius 3 is 2.63 bits per heavy atom. The van der Waals surface area contributed by atoms with E-state index in [1.165, 1.54) is 0 Å². The third-order valence-electron chi connectivity index (χ3n) is 3.13. The number of rotatable bonds is 8. The minimum absolute atomic E-state index is 0.0459. The molecule has 1 aromatic carbocycles. The van der Waals surface area contributed by atoms with Crippen LogP contribution in [0, 0.1) is 0 Å². The minimum Gasteiger partial charge on any atom is -0.494 e. The lowest BCUT2D eigenvalue weighted by molar-refractivity contribution is -0.123. The van der Waals surface area contributed by atoms with Crippen LogP contribution in [-0.4, -0.2) is 29.8 Å². The Balaban J connectivity index is 2.21. The Kier molecular flexibility index (Phi) is 6.36. The predicted molar refractivity (Wildman–Crippen MR) is 75.1 cm³/mol. The van der Waals surface area contributed by atoms with E-state index in [0.717, 1.165) is 5.75 Å². The Bertz CT molecular complexity index is 374. The van der Waals surface area contributed by atoms with Gasteiger partial charge in [-0.2, -0.15) is 0 Å². The molecule has 0 aliphatic heterocycles. The minimum atomic E-state index is -0.516. The molecule has 0 saturated heterocycles. The molecule has 0 radical (unpaired) electrons. The van der Waals surface area contributed by atoms with Gasteiger partial charge in [0.05, 0.1) is 18.8 Å². The Morgan fingerprint density at radius 1 is 1.37 bits per heavy atom. The summed E-state index contributed by atoms with van der Waals surface area (Å²) in [7, 11) is 0. The molecule has 1 atom stereocenters. The van der Waals surface area contributed by atoms with Crippen molar-refractivity contribution < 1.29 is 14.6 Å². The summed E-state index contributed by atoms with van der Waals surface area (Å²) in [5.74, 6) is 0.770. The van der Waals surface area contributed by atoms with Crippen LogP contribution in [0.15, 0.2) is 30.3 Å². The molecule has 19 heavy (non-hydrogen) atoms. The quantitative estimate of drug-likeness (QED) is 0.708. The number of hydrogen-bond acceptors (Lipinski definition) is 3. The third kappa shape index (κ3) is 5.75. The first kappa shape index (κ1) is 15.5. The third-order valence-corrected chi connectivity index (χ3v) is 3.13. The highest BCUT2D eigenvalue weighted by molar-refractivity contribution is 5.76. The number of nitrogens with one attached hydrogen (secondary N) is 1. The monoisotopic (exact) mass is 265 g/mol. The van der Waals surface area contributed by atoms with E-state index in [2.05, 4.69) is 5.32 Å². The molecule has 0 spiro atoms. The highest BCUT2D eigenvalue weighted by atomic mass is 16.5. The van der Waals surface area contributed by atoms with Crippen LogP contribution in [0.5, 0.6) is 5.75 Å². The molecule has 1 rings (SSSR count). The van der Waals surface area contributed by atoms with E-state index in [4.69, 9.17) is 4.74 Å². The maximum atomic E-state index is 11.7. The van der Waals surface area contributed by atoms with Gasteiger partial charge in [0.2, 0.25) is 5.91 Å². The summed E-state index contributed by atoms with van der Waals surface area (Å²) in [6.45, 7) is 4.25. The van der Waals surface area contributed by atoms with E-state index in [9.17, 15) is 9.90 Å². The molecule has 0 saturated carbocycles. The second kappa shape index (κ2) is 7.79. The summed E-state index contributed by atoms with van der Waals surface area (Å²) in [4.78, 5) is 11.7. The molecule has 0 aromatic heterocycles. The van der Waals surface area contributed by atoms with Crippen molar-refractivity contribution in [2.24, 2.45) is 0 Å². The highest BCUT2D eigenvalue weighted by Crippen LogP contribution is 2.10. The van der Waals surface area contributed by atoms with Crippen molar-refractivity contribution in [3.8, 4) is 5.75 Å². The maximum Gasteiger partial charge on any atom is 0.220 e. The average molecular weight is 265 g/mol. The SMILES string of the molecule is CCC(C)(CO)NC(=O)CCCOc1ccccc1. The first-order valence-corrected chi connectivity index (χ1v) is 6.69. The van der Waals surface area contributed by atoms with Crippen molar-refractivity contribution in [1.82, 2.24) is 5.32 Å². The Hall–Kier alpha value is -1.55. The van der Waals surface area contributed by atoms with Crippen LogP contribution < -0.4 is 10.1 Å². The zero-order chi connectivity index (χ0) is 14.1. The lowest BCUT2D eigenvalue weighted by atomic mass is 10.00. The zero-order valence-corrected chi connectivity index (χ0v) is 11.7. The summed E-state index contributed by atoms with van der Waals surface area (Å²) < 4.78 is 5.51. The van der Waals surface area contributed by atoms with Crippen molar-refractivity contribution in [2.45, 2.75) is 38.6 Å². The number of aliphatic hydroxyl groups excluding tert-OH is 1. The molecule has 1 unspecified atom stereocenters. The largest absolute Gasteiger partial charge is 0.494 e. The van der Waals surface area contributed by atoms with Gasteiger partial charge >= 0.3 is 0 Å². The molecule has 0 bridgehead atoms. The van der Waals surface area contributed by atoms with Crippen LogP contribution in [0.2, 0.25) is 0 Å². The van der Waals surface area contributed by atoms with E-state index >= 15 is 0 Å². The van der Waals surface area contributed by atoms with Crippen LogP contribution in [0.4, 0.5) is 0 Å². The number of amides is 1. The molecule has 4 nitrogen and oxygen atoms in total. The fraction of sp³-hybridized carbons (Fsp3) is 0.533. The van der Waals surface area contributed by atoms with E-state index in [-0.39, 0.29) is 12.5 Å². The fourth-order valence-electron chi connectivity index (χ4n) is 1.58. The van der Waals surface area contributed by atoms with Gasteiger partial charge in [0, 0.05) is 6.42 Å². The first-order chi connectivity index (χ1) is 9.09. The zero-order valence-electron chi connectivity index (χ0n) is 11.7. The summed E-state index contributed by atoms with van der Waals surface area (Å²) in [5.41, 5.74) is -0.516. The number of benzene rings is 1. The lowest BCUT2D eigenvalue weighted by Crippen LogP contribution is -2.48. The lowest BCUT2D eigenvalue weighted by Gasteiger charge is -2.27. The van der Waals surface area contributed by atoms with E-state index < -0.39 is 5.54 Å². The van der Waals surface area contributed by atoms with Gasteiger partial charge in [0.15, 0.2) is 0 Å². The molecular formula is C15H23NO3. The van der Waals surface area contributed by atoms with Gasteiger partial charge in [0.25, 0.3) is 0 Å². The van der Waals surface area contributed by atoms with Crippen LogP contribution in [0.1, 0.15) is 33.1 Å². The van der Waals surface area contributed by atoms with Crippen molar-refractivity contribution in [2.75, 3.05) is 13.2 Å². The maximum absolute atomic E-state index is 11.7. The summed E-state index contributed by atoms with van der Waals surface area (Å²) in [6, 6.07) is 9.53. The highest BCUT2D eigenvalue weighted by Gasteiger charge is 2.22. The first-order valence-electron chi connectivity index (χ1n) is 6.69. The number of aliphatic hydroxyl groups is 1. The molecular weight excluding hydrogens is 242 g/mol. The Labute approximate surface area is 114 Å². The normalized spacial score (nSPS) is 13.6. The van der Waals surface area contributed by atoms with Crippen molar-refractivity contribution in [3.63, 3.8) is 0 Å². The van der Waals surface area contributed by atoms with E-state index in [1.807, 2.05) is 44.2 Å². The fourth-order valence-corrected chi connectivity index (χ4v) is 1.58. The van der Waals surface area contributed by atoms with Gasteiger partial charge in [-0.3, -0.25) is 4.79 Å². The van der Waals surface area contributed by atoms with Crippen LogP contribution >= 0.6 is 0 Å². The van der Waals surface area contributed by atoms with E-state index in [1.54, 1.807) is 0 Å². The Morgan fingerprint density at radius 2 is 2.05 bits per heavy atom. The molecule has 1 aromatic rings. The van der Waals surface area contributed by atoms with Gasteiger partial charge in [-0.1, -0.05) is 25.1 Å². The second-order valence-electron chi connectivity index (χ2n) is 4.89. The summed E-state index contributed by atoms with van der Waals surface area (Å²) in [5, 5.41) is 12.1. The van der Waals surface area contributed by atoms with Gasteiger partial charge in [-0.05, 0) is 31.9 Å². The van der Waals surface area contributed by atoms with Gasteiger partial charge in [-0.15, -0.1) is 0 Å². The topological polar surface area (TPSA) is 58.6 Å². The molecule has 0 aliphatic rings. The van der Waals surface area contributed by atoms with Gasteiger partial charge < -0.3 is 15.2 Å². The van der Waals surface area contributed by atoms with Crippen molar-refractivity contribution in [1.29, 1.82) is 0 Å². The standard InChI is InChI=1S/C15H23NO3/c1-3-15(2,12-17)16-14(18)10-7-11-19-13-8-5-4-6-9-13/h4-6,8-9,17H,3,7,10-12H2,1-2H3,(H,16,18). The molecule has 2 N–H and O–H groups in total. The average Bonchev–Trinajstić information content (AvgIpc) is 2.44. The molecule has 0 aliphatic carbocycles. The van der Waals surface area contributed by atoms with Crippen LogP contribution in [-0.2, 0) is 4.79 Å². The molecule has 1 amide bonds. The molecule has 4 heteroatoms. The van der Waals surface area contributed by atoms with Gasteiger partial charge in [-0.25, -0.2) is 0 Å². The predicted octanol–water partition coefficient (Wildman–Crippen LogP) is 2.12. The number of para-hydroxylation sites is 1. The second-order valence-corrected chi connectivity index (χ2v) is 4.89. The van der Waals surface area contributed by atoms with E-state index in [0.29, 0.717) is 25.9 Å². The summed E-state index contributed by atoms with van der Waals surface area (Å²) in [6.07, 6.45) is 1.77. The number of hydrogen-bond donors (Lipinski definition) is 2.